The summed E-state index contributed by atoms with van der Waals surface area (Å²) in [5, 5.41) is 8.47. The molecule has 0 bridgehead atoms. The molecule has 2 rings (SSSR count). The summed E-state index contributed by atoms with van der Waals surface area (Å²) in [4.78, 5) is 23.4. The van der Waals surface area contributed by atoms with Gasteiger partial charge in [-0.05, 0) is 48.0 Å². The van der Waals surface area contributed by atoms with Crippen LogP contribution in [0.4, 0.5) is 5.69 Å². The van der Waals surface area contributed by atoms with Gasteiger partial charge >= 0.3 is 0 Å². The first kappa shape index (κ1) is 18.6. The second kappa shape index (κ2) is 8.94. The normalized spacial score (nSPS) is 10.0. The molecule has 0 fully saturated rings. The lowest BCUT2D eigenvalue weighted by molar-refractivity contribution is -0.120. The molecule has 3 N–H and O–H groups in total. The molecule has 0 atom stereocenters. The Kier molecular flexibility index (Phi) is 6.65. The average molecular weight is 355 g/mol. The first-order valence-corrected chi connectivity index (χ1v) is 8.33. The molecule has 2 amide bonds. The van der Waals surface area contributed by atoms with E-state index >= 15 is 0 Å². The maximum absolute atomic E-state index is 12.1. The lowest BCUT2D eigenvalue weighted by Gasteiger charge is -2.11. The second-order valence-corrected chi connectivity index (χ2v) is 6.06. The van der Waals surface area contributed by atoms with Crippen LogP contribution in [0.2, 0.25) is 0 Å². The fourth-order valence-electron chi connectivity index (χ4n) is 2.29. The molecule has 0 aliphatic heterocycles. The fourth-order valence-corrected chi connectivity index (χ4v) is 2.53. The molecule has 6 heteroatoms. The minimum absolute atomic E-state index is 0.0419. The van der Waals surface area contributed by atoms with Gasteiger partial charge in [0.15, 0.2) is 5.11 Å². The Morgan fingerprint density at radius 1 is 0.960 bits per heavy atom. The van der Waals surface area contributed by atoms with Crippen molar-refractivity contribution in [1.82, 2.24) is 10.6 Å². The van der Waals surface area contributed by atoms with E-state index in [0.717, 1.165) is 22.4 Å². The predicted molar refractivity (Wildman–Crippen MR) is 103 cm³/mol. The zero-order valence-corrected chi connectivity index (χ0v) is 15.1. The van der Waals surface area contributed by atoms with E-state index in [-0.39, 0.29) is 23.3 Å². The maximum atomic E-state index is 12.1. The fraction of sp³-hybridized carbons (Fsp3) is 0.211. The number of nitrogens with one attached hydrogen (secondary N) is 3. The molecular formula is C19H21N3O2S. The van der Waals surface area contributed by atoms with Gasteiger partial charge in [-0.25, -0.2) is 0 Å². The Hall–Kier alpha value is -2.73. The molecule has 0 aliphatic rings. The van der Waals surface area contributed by atoms with Crippen LogP contribution in [0.3, 0.4) is 0 Å². The third-order valence-electron chi connectivity index (χ3n) is 3.72. The van der Waals surface area contributed by atoms with E-state index in [1.54, 1.807) is 7.05 Å². The standard InChI is InChI=1S/C19H21N3O2S/c1-13-5-3-4-6-15(13)12-18(24)22-19(25)21-16-9-7-14(8-10-16)11-17(23)20-2/h3-10H,11-12H2,1-2H3,(H,20,23)(H2,21,22,24,25). The highest BCUT2D eigenvalue weighted by Gasteiger charge is 2.08. The van der Waals surface area contributed by atoms with Crippen molar-refractivity contribution in [3.63, 3.8) is 0 Å². The number of hydrogen-bond acceptors (Lipinski definition) is 3. The van der Waals surface area contributed by atoms with E-state index in [4.69, 9.17) is 12.2 Å². The highest BCUT2D eigenvalue weighted by atomic mass is 32.1. The van der Waals surface area contributed by atoms with Gasteiger partial charge < -0.3 is 16.0 Å². The highest BCUT2D eigenvalue weighted by molar-refractivity contribution is 7.80. The second-order valence-electron chi connectivity index (χ2n) is 5.65. The molecule has 0 radical (unpaired) electrons. The van der Waals surface area contributed by atoms with Crippen LogP contribution in [0, 0.1) is 6.92 Å². The maximum Gasteiger partial charge on any atom is 0.230 e. The summed E-state index contributed by atoms with van der Waals surface area (Å²) < 4.78 is 0. The topological polar surface area (TPSA) is 70.2 Å². The predicted octanol–water partition coefficient (Wildman–Crippen LogP) is 2.34. The van der Waals surface area contributed by atoms with Gasteiger partial charge in [0.25, 0.3) is 0 Å². The molecule has 0 saturated carbocycles. The number of likely N-dealkylation sites (N-methyl/N-ethyl adjacent to an activating group) is 1. The molecule has 0 unspecified atom stereocenters. The number of rotatable bonds is 5. The Morgan fingerprint density at radius 3 is 2.28 bits per heavy atom. The third-order valence-corrected chi connectivity index (χ3v) is 3.92. The molecule has 0 aromatic heterocycles. The van der Waals surface area contributed by atoms with Crippen LogP contribution in [0.25, 0.3) is 0 Å². The third kappa shape index (κ3) is 6.00. The number of thiocarbonyl (C=S) groups is 1. The lowest BCUT2D eigenvalue weighted by atomic mass is 10.1. The zero-order valence-electron chi connectivity index (χ0n) is 14.3. The monoisotopic (exact) mass is 355 g/mol. The van der Waals surface area contributed by atoms with E-state index in [1.807, 2.05) is 55.5 Å². The van der Waals surface area contributed by atoms with Crippen LogP contribution in [0.5, 0.6) is 0 Å². The van der Waals surface area contributed by atoms with Crippen molar-refractivity contribution >= 4 is 34.8 Å². The summed E-state index contributed by atoms with van der Waals surface area (Å²) in [5.41, 5.74) is 3.70. The smallest absolute Gasteiger partial charge is 0.230 e. The van der Waals surface area contributed by atoms with Gasteiger partial charge in [0.05, 0.1) is 12.8 Å². The van der Waals surface area contributed by atoms with Crippen molar-refractivity contribution < 1.29 is 9.59 Å². The molecule has 0 heterocycles. The van der Waals surface area contributed by atoms with Crippen molar-refractivity contribution in [2.75, 3.05) is 12.4 Å². The number of carbonyl (C=O) groups is 2. The van der Waals surface area contributed by atoms with Crippen molar-refractivity contribution in [1.29, 1.82) is 0 Å². The van der Waals surface area contributed by atoms with Crippen LogP contribution in [0.15, 0.2) is 48.5 Å². The first-order chi connectivity index (χ1) is 12.0. The number of hydrogen-bond donors (Lipinski definition) is 3. The Morgan fingerprint density at radius 2 is 1.64 bits per heavy atom. The molecule has 0 saturated heterocycles. The summed E-state index contributed by atoms with van der Waals surface area (Å²) >= 11 is 5.18. The number of aryl methyl sites for hydroxylation is 1. The summed E-state index contributed by atoms with van der Waals surface area (Å²) in [6, 6.07) is 15.1. The summed E-state index contributed by atoms with van der Waals surface area (Å²) in [7, 11) is 1.61. The SMILES string of the molecule is CNC(=O)Cc1ccc(NC(=S)NC(=O)Cc2ccccc2C)cc1. The number of carbonyl (C=O) groups excluding carboxylic acids is 2. The quantitative estimate of drug-likeness (QED) is 0.720. The molecule has 25 heavy (non-hydrogen) atoms. The Balaban J connectivity index is 1.86. The molecule has 2 aromatic rings. The van der Waals surface area contributed by atoms with Crippen molar-refractivity contribution in [3.8, 4) is 0 Å². The summed E-state index contributed by atoms with van der Waals surface area (Å²) in [5.74, 6) is -0.206. The Bertz CT molecular complexity index is 772. The van der Waals surface area contributed by atoms with E-state index in [9.17, 15) is 9.59 Å². The van der Waals surface area contributed by atoms with Crippen molar-refractivity contribution in [3.05, 3.63) is 65.2 Å². The van der Waals surface area contributed by atoms with Gasteiger partial charge in [0.2, 0.25) is 11.8 Å². The number of anilines is 1. The lowest BCUT2D eigenvalue weighted by Crippen LogP contribution is -2.35. The molecular weight excluding hydrogens is 334 g/mol. The molecule has 0 aliphatic carbocycles. The zero-order chi connectivity index (χ0) is 18.2. The molecule has 130 valence electrons. The molecule has 2 aromatic carbocycles. The van der Waals surface area contributed by atoms with Crippen molar-refractivity contribution in [2.45, 2.75) is 19.8 Å². The van der Waals surface area contributed by atoms with Gasteiger partial charge in [-0.3, -0.25) is 9.59 Å². The van der Waals surface area contributed by atoms with Crippen LogP contribution in [0.1, 0.15) is 16.7 Å². The number of amides is 2. The largest absolute Gasteiger partial charge is 0.359 e. The van der Waals surface area contributed by atoms with Gasteiger partial charge in [0, 0.05) is 12.7 Å². The van der Waals surface area contributed by atoms with E-state index in [1.165, 1.54) is 0 Å². The van der Waals surface area contributed by atoms with Gasteiger partial charge in [-0.15, -0.1) is 0 Å². The van der Waals surface area contributed by atoms with Gasteiger partial charge in [0.1, 0.15) is 0 Å². The van der Waals surface area contributed by atoms with Gasteiger partial charge in [-0.2, -0.15) is 0 Å². The Labute approximate surface area is 152 Å². The van der Waals surface area contributed by atoms with Gasteiger partial charge in [-0.1, -0.05) is 36.4 Å². The van der Waals surface area contributed by atoms with Crippen molar-refractivity contribution in [2.24, 2.45) is 0 Å². The summed E-state index contributed by atoms with van der Waals surface area (Å²) in [6.45, 7) is 1.97. The van der Waals surface area contributed by atoms with Crippen LogP contribution in [-0.4, -0.2) is 24.0 Å². The number of benzene rings is 2. The highest BCUT2D eigenvalue weighted by Crippen LogP contribution is 2.10. The molecule has 0 spiro atoms. The van der Waals surface area contributed by atoms with E-state index in [0.29, 0.717) is 6.42 Å². The molecule has 5 nitrogen and oxygen atoms in total. The van der Waals surface area contributed by atoms with Crippen LogP contribution < -0.4 is 16.0 Å². The van der Waals surface area contributed by atoms with E-state index < -0.39 is 0 Å². The minimum atomic E-state index is -0.164. The average Bonchev–Trinajstić information content (AvgIpc) is 2.58. The summed E-state index contributed by atoms with van der Waals surface area (Å²) in [6.07, 6.45) is 0.605. The minimum Gasteiger partial charge on any atom is -0.359 e. The first-order valence-electron chi connectivity index (χ1n) is 7.93. The van der Waals surface area contributed by atoms with Crippen LogP contribution >= 0.6 is 12.2 Å². The van der Waals surface area contributed by atoms with Crippen LogP contribution in [-0.2, 0) is 22.4 Å². The van der Waals surface area contributed by atoms with E-state index in [2.05, 4.69) is 16.0 Å².